The molecule has 0 fully saturated rings. The average Bonchev–Trinajstić information content (AvgIpc) is 2.19. The van der Waals surface area contributed by atoms with Crippen molar-refractivity contribution in [2.75, 3.05) is 0 Å². The number of hydrogen-bond donors (Lipinski definition) is 1. The number of rotatable bonds is 4. The van der Waals surface area contributed by atoms with Gasteiger partial charge in [0.15, 0.2) is 0 Å². The number of aliphatic carboxylic acids is 1. The van der Waals surface area contributed by atoms with Crippen LogP contribution in [-0.2, 0) is 4.79 Å². The topological polar surface area (TPSA) is 59.4 Å². The quantitative estimate of drug-likeness (QED) is 0.794. The second-order valence-electron chi connectivity index (χ2n) is 3.16. The number of carbonyl (C=O) groups is 1. The van der Waals surface area contributed by atoms with Gasteiger partial charge in [-0.15, -0.1) is 0 Å². The first-order valence-electron chi connectivity index (χ1n) is 4.42. The predicted octanol–water partition coefficient (Wildman–Crippen LogP) is 1.71. The molecule has 4 heteroatoms. The zero-order valence-corrected chi connectivity index (χ0v) is 8.23. The number of nitrogens with zero attached hydrogens (tertiary/aromatic N) is 1. The molecule has 1 rings (SSSR count). The van der Waals surface area contributed by atoms with Crippen LogP contribution >= 0.6 is 0 Å². The Morgan fingerprint density at radius 3 is 2.79 bits per heavy atom. The molecule has 14 heavy (non-hydrogen) atoms. The molecule has 0 aromatic carbocycles. The smallest absolute Gasteiger partial charge is 0.347 e. The van der Waals surface area contributed by atoms with Crippen LogP contribution in [-0.4, -0.2) is 21.7 Å². The Balaban J connectivity index is 2.81. The van der Waals surface area contributed by atoms with Crippen molar-refractivity contribution in [2.45, 2.75) is 25.9 Å². The fourth-order valence-electron chi connectivity index (χ4n) is 0.905. The summed E-state index contributed by atoms with van der Waals surface area (Å²) in [5, 5.41) is 8.94. The van der Waals surface area contributed by atoms with E-state index in [1.54, 1.807) is 31.3 Å². The highest BCUT2D eigenvalue weighted by atomic mass is 16.5. The minimum Gasteiger partial charge on any atom is -0.478 e. The highest BCUT2D eigenvalue weighted by molar-refractivity contribution is 5.77. The normalized spacial score (nSPS) is 14.4. The Morgan fingerprint density at radius 2 is 2.36 bits per heavy atom. The molecule has 0 aliphatic rings. The average molecular weight is 195 g/mol. The van der Waals surface area contributed by atoms with Crippen LogP contribution in [0.3, 0.4) is 0 Å². The predicted molar refractivity (Wildman–Crippen MR) is 51.2 cm³/mol. The Morgan fingerprint density at radius 1 is 1.64 bits per heavy atom. The standard InChI is InChI=1S/C10H13NO3/c1-3-10(2,9(12)13)14-8-6-4-5-7-11-8/h4-7H,3H2,1-2H3,(H,12,13)/t10-/m0/s1. The molecule has 1 heterocycles. The van der Waals surface area contributed by atoms with Crippen LogP contribution in [0.2, 0.25) is 0 Å². The Labute approximate surface area is 82.5 Å². The molecule has 0 saturated heterocycles. The summed E-state index contributed by atoms with van der Waals surface area (Å²) in [6, 6.07) is 5.13. The van der Waals surface area contributed by atoms with Crippen LogP contribution in [0.5, 0.6) is 5.88 Å². The molecule has 0 amide bonds. The van der Waals surface area contributed by atoms with Crippen molar-refractivity contribution in [1.29, 1.82) is 0 Å². The first-order valence-corrected chi connectivity index (χ1v) is 4.42. The van der Waals surface area contributed by atoms with E-state index < -0.39 is 11.6 Å². The van der Waals surface area contributed by atoms with Gasteiger partial charge in [0.1, 0.15) is 0 Å². The molecule has 0 saturated carbocycles. The molecule has 0 unspecified atom stereocenters. The molecular weight excluding hydrogens is 182 g/mol. The van der Waals surface area contributed by atoms with E-state index in [0.717, 1.165) is 0 Å². The number of pyridine rings is 1. The van der Waals surface area contributed by atoms with Crippen LogP contribution in [0.15, 0.2) is 24.4 Å². The maximum Gasteiger partial charge on any atom is 0.347 e. The summed E-state index contributed by atoms with van der Waals surface area (Å²) >= 11 is 0. The van der Waals surface area contributed by atoms with E-state index in [1.807, 2.05) is 0 Å². The lowest BCUT2D eigenvalue weighted by atomic mass is 10.0. The van der Waals surface area contributed by atoms with Gasteiger partial charge in [0.05, 0.1) is 0 Å². The van der Waals surface area contributed by atoms with Crippen molar-refractivity contribution in [1.82, 2.24) is 4.98 Å². The van der Waals surface area contributed by atoms with Crippen molar-refractivity contribution in [3.63, 3.8) is 0 Å². The molecule has 0 radical (unpaired) electrons. The number of ether oxygens (including phenoxy) is 1. The molecule has 1 atom stereocenters. The summed E-state index contributed by atoms with van der Waals surface area (Å²) in [7, 11) is 0. The molecule has 0 spiro atoms. The Bertz CT molecular complexity index is 312. The highest BCUT2D eigenvalue weighted by Crippen LogP contribution is 2.18. The third kappa shape index (κ3) is 2.22. The van der Waals surface area contributed by atoms with Gasteiger partial charge in [0.2, 0.25) is 11.5 Å². The lowest BCUT2D eigenvalue weighted by molar-refractivity contribution is -0.154. The van der Waals surface area contributed by atoms with Gasteiger partial charge in [-0.3, -0.25) is 0 Å². The third-order valence-electron chi connectivity index (χ3n) is 2.09. The van der Waals surface area contributed by atoms with E-state index in [1.165, 1.54) is 6.92 Å². The van der Waals surface area contributed by atoms with E-state index >= 15 is 0 Å². The van der Waals surface area contributed by atoms with Gasteiger partial charge in [-0.2, -0.15) is 0 Å². The van der Waals surface area contributed by atoms with Gasteiger partial charge in [0.25, 0.3) is 0 Å². The summed E-state index contributed by atoms with van der Waals surface area (Å²) in [5.74, 6) is -0.648. The maximum atomic E-state index is 10.9. The van der Waals surface area contributed by atoms with Crippen LogP contribution in [0, 0.1) is 0 Å². The molecule has 0 aliphatic carbocycles. The minimum atomic E-state index is -1.20. The maximum absolute atomic E-state index is 10.9. The van der Waals surface area contributed by atoms with E-state index in [4.69, 9.17) is 9.84 Å². The third-order valence-corrected chi connectivity index (χ3v) is 2.09. The second kappa shape index (κ2) is 4.09. The van der Waals surface area contributed by atoms with Crippen LogP contribution in [0.4, 0.5) is 0 Å². The van der Waals surface area contributed by atoms with Gasteiger partial charge in [0, 0.05) is 12.3 Å². The summed E-state index contributed by atoms with van der Waals surface area (Å²) in [4.78, 5) is 14.8. The molecular formula is C10H13NO3. The molecule has 1 aromatic heterocycles. The fraction of sp³-hybridized carbons (Fsp3) is 0.400. The summed E-state index contributed by atoms with van der Waals surface area (Å²) in [5.41, 5.74) is -1.20. The van der Waals surface area contributed by atoms with Crippen molar-refractivity contribution in [3.05, 3.63) is 24.4 Å². The van der Waals surface area contributed by atoms with Crippen molar-refractivity contribution in [3.8, 4) is 5.88 Å². The second-order valence-corrected chi connectivity index (χ2v) is 3.16. The SMILES string of the molecule is CC[C@](C)(Oc1ccccn1)C(=O)O. The van der Waals surface area contributed by atoms with E-state index in [-0.39, 0.29) is 0 Å². The van der Waals surface area contributed by atoms with E-state index in [2.05, 4.69) is 4.98 Å². The van der Waals surface area contributed by atoms with Gasteiger partial charge in [-0.25, -0.2) is 9.78 Å². The number of aromatic nitrogens is 1. The first kappa shape index (κ1) is 10.5. The largest absolute Gasteiger partial charge is 0.478 e. The summed E-state index contributed by atoms with van der Waals surface area (Å²) < 4.78 is 5.30. The minimum absolute atomic E-state index is 0.333. The zero-order chi connectivity index (χ0) is 10.6. The van der Waals surface area contributed by atoms with E-state index in [9.17, 15) is 4.79 Å². The lowest BCUT2D eigenvalue weighted by Gasteiger charge is -2.23. The molecule has 1 aromatic rings. The van der Waals surface area contributed by atoms with Crippen LogP contribution < -0.4 is 4.74 Å². The Hall–Kier alpha value is -1.58. The lowest BCUT2D eigenvalue weighted by Crippen LogP contribution is -2.40. The number of carboxylic acids is 1. The van der Waals surface area contributed by atoms with Crippen LogP contribution in [0.1, 0.15) is 20.3 Å². The highest BCUT2D eigenvalue weighted by Gasteiger charge is 2.33. The molecule has 0 aliphatic heterocycles. The molecule has 4 nitrogen and oxygen atoms in total. The van der Waals surface area contributed by atoms with Gasteiger partial charge in [-0.1, -0.05) is 13.0 Å². The molecule has 76 valence electrons. The fourth-order valence-corrected chi connectivity index (χ4v) is 0.905. The van der Waals surface area contributed by atoms with Crippen molar-refractivity contribution < 1.29 is 14.6 Å². The molecule has 1 N–H and O–H groups in total. The zero-order valence-electron chi connectivity index (χ0n) is 8.23. The summed E-state index contributed by atoms with van der Waals surface area (Å²) in [6.07, 6.45) is 1.95. The van der Waals surface area contributed by atoms with Gasteiger partial charge in [-0.05, 0) is 19.4 Å². The summed E-state index contributed by atoms with van der Waals surface area (Å²) in [6.45, 7) is 3.29. The number of carboxylic acid groups (broad SMARTS) is 1. The number of hydrogen-bond acceptors (Lipinski definition) is 3. The van der Waals surface area contributed by atoms with Crippen LogP contribution in [0.25, 0.3) is 0 Å². The van der Waals surface area contributed by atoms with Crippen molar-refractivity contribution in [2.24, 2.45) is 0 Å². The van der Waals surface area contributed by atoms with Crippen molar-refractivity contribution >= 4 is 5.97 Å². The monoisotopic (exact) mass is 195 g/mol. The van der Waals surface area contributed by atoms with Gasteiger partial charge >= 0.3 is 5.97 Å². The first-order chi connectivity index (χ1) is 6.58. The Kier molecular flexibility index (Phi) is 3.06. The molecule has 0 bridgehead atoms. The van der Waals surface area contributed by atoms with Gasteiger partial charge < -0.3 is 9.84 Å². The van der Waals surface area contributed by atoms with E-state index in [0.29, 0.717) is 12.3 Å².